The van der Waals surface area contributed by atoms with Gasteiger partial charge in [-0.25, -0.2) is 4.98 Å². The van der Waals surface area contributed by atoms with Crippen molar-refractivity contribution < 1.29 is 4.74 Å². The van der Waals surface area contributed by atoms with E-state index in [-0.39, 0.29) is 24.0 Å². The van der Waals surface area contributed by atoms with Gasteiger partial charge in [-0.15, -0.1) is 24.0 Å². The van der Waals surface area contributed by atoms with Crippen molar-refractivity contribution in [2.45, 2.75) is 19.8 Å². The average molecular weight is 544 g/mol. The van der Waals surface area contributed by atoms with Crippen LogP contribution in [0.1, 0.15) is 18.9 Å². The number of methoxy groups -OCH3 is 1. The highest BCUT2D eigenvalue weighted by Gasteiger charge is 2.22. The number of anilines is 1. The minimum Gasteiger partial charge on any atom is -0.497 e. The second-order valence-electron chi connectivity index (χ2n) is 7.19. The van der Waals surface area contributed by atoms with Gasteiger partial charge in [0.2, 0.25) is 0 Å². The Balaban J connectivity index is 0.00000320. The molecule has 3 rings (SSSR count). The molecule has 30 heavy (non-hydrogen) atoms. The van der Waals surface area contributed by atoms with Crippen LogP contribution in [0, 0.1) is 5.92 Å². The molecule has 0 amide bonds. The van der Waals surface area contributed by atoms with Crippen molar-refractivity contribution in [3.05, 3.63) is 53.3 Å². The Kier molecular flexibility index (Phi) is 10.5. The van der Waals surface area contributed by atoms with E-state index >= 15 is 0 Å². The monoisotopic (exact) mass is 543 g/mol. The van der Waals surface area contributed by atoms with Crippen molar-refractivity contribution in [1.82, 2.24) is 15.6 Å². The van der Waals surface area contributed by atoms with Gasteiger partial charge in [-0.3, -0.25) is 4.99 Å². The first-order valence-corrected chi connectivity index (χ1v) is 10.6. The molecule has 0 saturated carbocycles. The fourth-order valence-corrected chi connectivity index (χ4v) is 3.58. The minimum atomic E-state index is 0. The summed E-state index contributed by atoms with van der Waals surface area (Å²) in [7, 11) is 1.71. The number of hydrogen-bond donors (Lipinski definition) is 2. The summed E-state index contributed by atoms with van der Waals surface area (Å²) >= 11 is 5.84. The molecule has 1 aromatic carbocycles. The Bertz CT molecular complexity index is 802. The number of nitrogens with one attached hydrogen (secondary N) is 2. The van der Waals surface area contributed by atoms with E-state index in [1.807, 2.05) is 30.5 Å². The first kappa shape index (κ1) is 24.5. The van der Waals surface area contributed by atoms with Crippen LogP contribution in [0.15, 0.2) is 47.6 Å². The number of rotatable bonds is 8. The average Bonchev–Trinajstić information content (AvgIpc) is 3.22. The smallest absolute Gasteiger partial charge is 0.191 e. The number of ether oxygens (including phenoxy) is 1. The van der Waals surface area contributed by atoms with Crippen LogP contribution in [0.4, 0.5) is 5.69 Å². The molecule has 0 radical (unpaired) electrons. The molecular weight excluding hydrogens is 513 g/mol. The van der Waals surface area contributed by atoms with E-state index in [1.54, 1.807) is 7.11 Å². The van der Waals surface area contributed by atoms with E-state index in [2.05, 4.69) is 39.6 Å². The maximum Gasteiger partial charge on any atom is 0.191 e. The fourth-order valence-electron chi connectivity index (χ4n) is 3.47. The molecule has 2 heterocycles. The maximum absolute atomic E-state index is 5.84. The van der Waals surface area contributed by atoms with Gasteiger partial charge in [-0.1, -0.05) is 23.7 Å². The molecular formula is C22H31ClIN5O. The number of halogens is 2. The van der Waals surface area contributed by atoms with Crippen LogP contribution in [-0.2, 0) is 6.42 Å². The minimum absolute atomic E-state index is 0. The summed E-state index contributed by atoms with van der Waals surface area (Å²) in [5, 5.41) is 7.27. The largest absolute Gasteiger partial charge is 0.497 e. The van der Waals surface area contributed by atoms with Crippen molar-refractivity contribution in [1.29, 1.82) is 0 Å². The van der Waals surface area contributed by atoms with Crippen LogP contribution in [0.25, 0.3) is 0 Å². The Hall–Kier alpha value is -1.74. The second-order valence-corrected chi connectivity index (χ2v) is 7.58. The van der Waals surface area contributed by atoms with Gasteiger partial charge in [-0.05, 0) is 49.4 Å². The standard InChI is InChI=1S/C22H30ClN5O.HI/c1-3-24-22(25-11-9-17-7-8-21(23)26-14-17)27-15-18-10-12-28(16-18)19-5-4-6-20(13-19)29-2;/h4-8,13-14,18H,3,9-12,15-16H2,1-2H3,(H2,24,25,27);1H. The lowest BCUT2D eigenvalue weighted by Gasteiger charge is -2.19. The molecule has 6 nitrogen and oxygen atoms in total. The Morgan fingerprint density at radius 1 is 1.30 bits per heavy atom. The summed E-state index contributed by atoms with van der Waals surface area (Å²) in [6.45, 7) is 6.62. The van der Waals surface area contributed by atoms with Crippen LogP contribution in [0.3, 0.4) is 0 Å². The second kappa shape index (κ2) is 12.8. The molecule has 1 aliphatic heterocycles. The van der Waals surface area contributed by atoms with Crippen molar-refractivity contribution >= 4 is 47.2 Å². The number of aliphatic imine (C=N–C) groups is 1. The molecule has 1 fully saturated rings. The first-order chi connectivity index (χ1) is 14.2. The zero-order valence-electron chi connectivity index (χ0n) is 17.6. The summed E-state index contributed by atoms with van der Waals surface area (Å²) in [4.78, 5) is 11.3. The maximum atomic E-state index is 5.84. The van der Waals surface area contributed by atoms with E-state index in [0.29, 0.717) is 11.1 Å². The van der Waals surface area contributed by atoms with Crippen molar-refractivity contribution in [2.24, 2.45) is 10.9 Å². The first-order valence-electron chi connectivity index (χ1n) is 10.2. The number of pyridine rings is 1. The lowest BCUT2D eigenvalue weighted by Crippen LogP contribution is -2.38. The SMILES string of the molecule is CCNC(=NCC1CCN(c2cccc(OC)c2)C1)NCCc1ccc(Cl)nc1.I. The zero-order chi connectivity index (χ0) is 20.5. The van der Waals surface area contributed by atoms with Crippen LogP contribution in [-0.4, -0.2) is 50.8 Å². The number of hydrogen-bond acceptors (Lipinski definition) is 4. The highest BCUT2D eigenvalue weighted by molar-refractivity contribution is 14.0. The van der Waals surface area contributed by atoms with Gasteiger partial charge in [0.15, 0.2) is 5.96 Å². The third kappa shape index (κ3) is 7.50. The summed E-state index contributed by atoms with van der Waals surface area (Å²) in [5.74, 6) is 2.32. The highest BCUT2D eigenvalue weighted by atomic mass is 127. The van der Waals surface area contributed by atoms with Gasteiger partial charge >= 0.3 is 0 Å². The van der Waals surface area contributed by atoms with Crippen LogP contribution < -0.4 is 20.3 Å². The Morgan fingerprint density at radius 2 is 2.17 bits per heavy atom. The van der Waals surface area contributed by atoms with E-state index in [1.165, 1.54) is 5.69 Å². The lowest BCUT2D eigenvalue weighted by atomic mass is 10.1. The van der Waals surface area contributed by atoms with Crippen LogP contribution in [0.5, 0.6) is 5.75 Å². The van der Waals surface area contributed by atoms with Gasteiger partial charge in [-0.2, -0.15) is 0 Å². The molecule has 0 spiro atoms. The quantitative estimate of drug-likeness (QED) is 0.228. The summed E-state index contributed by atoms with van der Waals surface area (Å²) in [5.41, 5.74) is 2.37. The highest BCUT2D eigenvalue weighted by Crippen LogP contribution is 2.26. The normalized spacial score (nSPS) is 16.2. The molecule has 0 bridgehead atoms. The summed E-state index contributed by atoms with van der Waals surface area (Å²) in [6.07, 6.45) is 3.85. The molecule has 0 aliphatic carbocycles. The third-order valence-corrected chi connectivity index (χ3v) is 5.27. The van der Waals surface area contributed by atoms with E-state index in [9.17, 15) is 0 Å². The molecule has 2 aromatic rings. The molecule has 8 heteroatoms. The molecule has 1 aromatic heterocycles. The van der Waals surface area contributed by atoms with Gasteiger partial charge in [0.25, 0.3) is 0 Å². The predicted molar refractivity (Wildman–Crippen MR) is 136 cm³/mol. The van der Waals surface area contributed by atoms with Crippen molar-refractivity contribution in [3.8, 4) is 5.75 Å². The molecule has 164 valence electrons. The zero-order valence-corrected chi connectivity index (χ0v) is 20.7. The number of guanidine groups is 1. The van der Waals surface area contributed by atoms with Crippen LogP contribution >= 0.6 is 35.6 Å². The molecule has 1 unspecified atom stereocenters. The molecule has 1 atom stereocenters. The van der Waals surface area contributed by atoms with E-state index in [4.69, 9.17) is 21.3 Å². The van der Waals surface area contributed by atoms with Crippen molar-refractivity contribution in [3.63, 3.8) is 0 Å². The molecule has 1 aliphatic rings. The van der Waals surface area contributed by atoms with Gasteiger partial charge in [0.05, 0.1) is 7.11 Å². The number of benzene rings is 1. The Labute approximate surface area is 201 Å². The molecule has 1 saturated heterocycles. The van der Waals surface area contributed by atoms with Crippen molar-refractivity contribution in [2.75, 3.05) is 44.7 Å². The number of aromatic nitrogens is 1. The van der Waals surface area contributed by atoms with E-state index < -0.39 is 0 Å². The topological polar surface area (TPSA) is 61.8 Å². The van der Waals surface area contributed by atoms with Gasteiger partial charge < -0.3 is 20.3 Å². The third-order valence-electron chi connectivity index (χ3n) is 5.05. The van der Waals surface area contributed by atoms with E-state index in [0.717, 1.165) is 62.8 Å². The van der Waals surface area contributed by atoms with Gasteiger partial charge in [0.1, 0.15) is 10.9 Å². The lowest BCUT2D eigenvalue weighted by molar-refractivity contribution is 0.415. The predicted octanol–water partition coefficient (Wildman–Crippen LogP) is 3.99. The van der Waals surface area contributed by atoms with Crippen LogP contribution in [0.2, 0.25) is 5.15 Å². The van der Waals surface area contributed by atoms with Gasteiger partial charge in [0, 0.05) is 50.7 Å². The molecule has 2 N–H and O–H groups in total. The summed E-state index contributed by atoms with van der Waals surface area (Å²) in [6, 6.07) is 12.1. The summed E-state index contributed by atoms with van der Waals surface area (Å²) < 4.78 is 5.35. The fraction of sp³-hybridized carbons (Fsp3) is 0.455. The number of nitrogens with zero attached hydrogens (tertiary/aromatic N) is 3. The Morgan fingerprint density at radius 3 is 2.90 bits per heavy atom.